The molecule has 0 spiro atoms. The van der Waals surface area contributed by atoms with Crippen molar-refractivity contribution in [1.82, 2.24) is 0 Å². The Balaban J connectivity index is 2.17. The summed E-state index contributed by atoms with van der Waals surface area (Å²) in [6.07, 6.45) is 1.08. The van der Waals surface area contributed by atoms with E-state index in [4.69, 9.17) is 9.15 Å². The zero-order valence-corrected chi connectivity index (χ0v) is 10.7. The lowest BCUT2D eigenvalue weighted by molar-refractivity contribution is 0.0993. The van der Waals surface area contributed by atoms with Crippen LogP contribution in [0.4, 0.5) is 10.1 Å². The number of anilines is 1. The highest BCUT2D eigenvalue weighted by atomic mass is 19.1. The first-order chi connectivity index (χ1) is 9.60. The SMILES string of the molecule is CCOc1coc(C(=O)Nc2cccc(F)c2)cc1=O. The van der Waals surface area contributed by atoms with Crippen LogP contribution in [0.25, 0.3) is 0 Å². The quantitative estimate of drug-likeness (QED) is 0.931. The van der Waals surface area contributed by atoms with Crippen LogP contribution in [-0.4, -0.2) is 12.5 Å². The molecule has 0 aliphatic rings. The van der Waals surface area contributed by atoms with Crippen LogP contribution in [0.1, 0.15) is 17.5 Å². The van der Waals surface area contributed by atoms with Gasteiger partial charge in [-0.2, -0.15) is 0 Å². The molecule has 20 heavy (non-hydrogen) atoms. The fraction of sp³-hybridized carbons (Fsp3) is 0.143. The third-order valence-corrected chi connectivity index (χ3v) is 2.40. The van der Waals surface area contributed by atoms with Crippen LogP contribution in [-0.2, 0) is 0 Å². The number of amides is 1. The van der Waals surface area contributed by atoms with Gasteiger partial charge in [-0.1, -0.05) is 6.07 Å². The molecule has 0 atom stereocenters. The molecule has 5 nitrogen and oxygen atoms in total. The molecule has 0 saturated heterocycles. The molecule has 0 aliphatic heterocycles. The summed E-state index contributed by atoms with van der Waals surface area (Å²) >= 11 is 0. The lowest BCUT2D eigenvalue weighted by Crippen LogP contribution is -2.15. The van der Waals surface area contributed by atoms with E-state index in [1.807, 2.05) is 0 Å². The average Bonchev–Trinajstić information content (AvgIpc) is 2.41. The largest absolute Gasteiger partial charge is 0.487 e. The third kappa shape index (κ3) is 3.23. The van der Waals surface area contributed by atoms with Gasteiger partial charge in [0.25, 0.3) is 5.91 Å². The van der Waals surface area contributed by atoms with Crippen molar-refractivity contribution in [2.24, 2.45) is 0 Å². The van der Waals surface area contributed by atoms with Gasteiger partial charge in [0, 0.05) is 11.8 Å². The molecule has 1 aromatic heterocycles. The number of hydrogen-bond donors (Lipinski definition) is 1. The number of ether oxygens (including phenoxy) is 1. The van der Waals surface area contributed by atoms with Crippen LogP contribution in [0.3, 0.4) is 0 Å². The molecule has 1 N–H and O–H groups in total. The van der Waals surface area contributed by atoms with E-state index in [1.165, 1.54) is 18.2 Å². The molecule has 2 aromatic rings. The van der Waals surface area contributed by atoms with E-state index < -0.39 is 17.2 Å². The van der Waals surface area contributed by atoms with Gasteiger partial charge >= 0.3 is 0 Å². The van der Waals surface area contributed by atoms with Crippen LogP contribution in [0.5, 0.6) is 5.75 Å². The molecule has 6 heteroatoms. The Hall–Kier alpha value is -2.63. The predicted molar refractivity (Wildman–Crippen MR) is 70.5 cm³/mol. The highest BCUT2D eigenvalue weighted by Gasteiger charge is 2.12. The van der Waals surface area contributed by atoms with Crippen molar-refractivity contribution in [3.05, 3.63) is 58.4 Å². The molecule has 104 valence electrons. The van der Waals surface area contributed by atoms with Gasteiger partial charge < -0.3 is 14.5 Å². The van der Waals surface area contributed by atoms with Crippen molar-refractivity contribution in [2.75, 3.05) is 11.9 Å². The molecule has 1 amide bonds. The highest BCUT2D eigenvalue weighted by Crippen LogP contribution is 2.12. The smallest absolute Gasteiger partial charge is 0.291 e. The van der Waals surface area contributed by atoms with Gasteiger partial charge in [-0.05, 0) is 25.1 Å². The number of carbonyl (C=O) groups excluding carboxylic acids is 1. The van der Waals surface area contributed by atoms with Crippen molar-refractivity contribution < 1.29 is 18.3 Å². The molecular weight excluding hydrogens is 265 g/mol. The van der Waals surface area contributed by atoms with Gasteiger partial charge in [-0.25, -0.2) is 4.39 Å². The molecule has 0 aliphatic carbocycles. The van der Waals surface area contributed by atoms with Gasteiger partial charge in [0.2, 0.25) is 11.2 Å². The monoisotopic (exact) mass is 277 g/mol. The first-order valence-corrected chi connectivity index (χ1v) is 5.92. The Kier molecular flexibility index (Phi) is 4.14. The predicted octanol–water partition coefficient (Wildman–Crippen LogP) is 2.43. The summed E-state index contributed by atoms with van der Waals surface area (Å²) < 4.78 is 23.0. The maximum atomic E-state index is 13.0. The van der Waals surface area contributed by atoms with Crippen LogP contribution >= 0.6 is 0 Å². The molecule has 1 aromatic carbocycles. The summed E-state index contributed by atoms with van der Waals surface area (Å²) in [6.45, 7) is 2.05. The lowest BCUT2D eigenvalue weighted by atomic mass is 10.3. The summed E-state index contributed by atoms with van der Waals surface area (Å²) in [5.74, 6) is -1.26. The highest BCUT2D eigenvalue weighted by molar-refractivity contribution is 6.02. The van der Waals surface area contributed by atoms with Gasteiger partial charge in [-0.15, -0.1) is 0 Å². The summed E-state index contributed by atoms with van der Waals surface area (Å²) in [5, 5.41) is 2.43. The van der Waals surface area contributed by atoms with Crippen LogP contribution in [0, 0.1) is 5.82 Å². The van der Waals surface area contributed by atoms with Crippen molar-refractivity contribution in [2.45, 2.75) is 6.92 Å². The number of halogens is 1. The summed E-state index contributed by atoms with van der Waals surface area (Å²) in [7, 11) is 0. The number of hydrogen-bond acceptors (Lipinski definition) is 4. The number of carbonyl (C=O) groups is 1. The number of rotatable bonds is 4. The van der Waals surface area contributed by atoms with E-state index in [0.29, 0.717) is 6.61 Å². The lowest BCUT2D eigenvalue weighted by Gasteiger charge is -2.05. The van der Waals surface area contributed by atoms with Crippen LogP contribution < -0.4 is 15.5 Å². The molecule has 0 unspecified atom stereocenters. The van der Waals surface area contributed by atoms with Crippen molar-refractivity contribution in [3.8, 4) is 5.75 Å². The zero-order chi connectivity index (χ0) is 14.5. The Morgan fingerprint density at radius 2 is 2.20 bits per heavy atom. The first-order valence-electron chi connectivity index (χ1n) is 5.92. The maximum Gasteiger partial charge on any atom is 0.291 e. The van der Waals surface area contributed by atoms with E-state index in [1.54, 1.807) is 6.92 Å². The fourth-order valence-corrected chi connectivity index (χ4v) is 1.54. The second-order valence-corrected chi connectivity index (χ2v) is 3.87. The zero-order valence-electron chi connectivity index (χ0n) is 10.7. The van der Waals surface area contributed by atoms with Crippen molar-refractivity contribution in [1.29, 1.82) is 0 Å². The number of nitrogens with one attached hydrogen (secondary N) is 1. The standard InChI is InChI=1S/C14H12FNO4/c1-2-19-13-8-20-12(7-11(13)17)14(18)16-10-5-3-4-9(15)6-10/h3-8H,2H2,1H3,(H,16,18). The third-order valence-electron chi connectivity index (χ3n) is 2.40. The topological polar surface area (TPSA) is 68.5 Å². The summed E-state index contributed by atoms with van der Waals surface area (Å²) in [5.41, 5.74) is -0.186. The summed E-state index contributed by atoms with van der Waals surface area (Å²) in [4.78, 5) is 23.5. The van der Waals surface area contributed by atoms with Gasteiger partial charge in [-0.3, -0.25) is 9.59 Å². The minimum Gasteiger partial charge on any atom is -0.487 e. The maximum absolute atomic E-state index is 13.0. The Morgan fingerprint density at radius 3 is 2.85 bits per heavy atom. The average molecular weight is 277 g/mol. The summed E-state index contributed by atoms with van der Waals surface area (Å²) in [6, 6.07) is 6.42. The molecule has 0 radical (unpaired) electrons. The molecule has 2 rings (SSSR count). The van der Waals surface area contributed by atoms with Gasteiger partial charge in [0.05, 0.1) is 6.61 Å². The Morgan fingerprint density at radius 1 is 1.40 bits per heavy atom. The normalized spacial score (nSPS) is 10.1. The van der Waals surface area contributed by atoms with Gasteiger partial charge in [0.1, 0.15) is 12.1 Å². The van der Waals surface area contributed by atoms with E-state index >= 15 is 0 Å². The molecular formula is C14H12FNO4. The Labute approximate surface area is 114 Å². The van der Waals surface area contributed by atoms with E-state index in [0.717, 1.165) is 18.4 Å². The first kappa shape index (κ1) is 13.8. The molecule has 0 bridgehead atoms. The second-order valence-electron chi connectivity index (χ2n) is 3.87. The van der Waals surface area contributed by atoms with E-state index in [2.05, 4.69) is 5.32 Å². The van der Waals surface area contributed by atoms with Crippen molar-refractivity contribution >= 4 is 11.6 Å². The molecule has 0 saturated carbocycles. The second kappa shape index (κ2) is 6.01. The van der Waals surface area contributed by atoms with E-state index in [9.17, 15) is 14.0 Å². The van der Waals surface area contributed by atoms with Crippen LogP contribution in [0.15, 0.2) is 45.8 Å². The minimum atomic E-state index is -0.643. The number of benzene rings is 1. The van der Waals surface area contributed by atoms with Crippen molar-refractivity contribution in [3.63, 3.8) is 0 Å². The molecule has 1 heterocycles. The fourth-order valence-electron chi connectivity index (χ4n) is 1.54. The van der Waals surface area contributed by atoms with E-state index in [-0.39, 0.29) is 17.2 Å². The minimum absolute atomic E-state index is 0.0369. The van der Waals surface area contributed by atoms with Gasteiger partial charge in [0.15, 0.2) is 5.76 Å². The molecule has 0 fully saturated rings. The Bertz CT molecular complexity index is 681. The van der Waals surface area contributed by atoms with Crippen LogP contribution in [0.2, 0.25) is 0 Å².